The van der Waals surface area contributed by atoms with Crippen LogP contribution in [0.5, 0.6) is 5.75 Å². The number of benzene rings is 2. The number of carbonyl (C=O) groups is 1. The van der Waals surface area contributed by atoms with Crippen molar-refractivity contribution in [3.8, 4) is 5.75 Å². The van der Waals surface area contributed by atoms with Gasteiger partial charge in [0.15, 0.2) is 0 Å². The summed E-state index contributed by atoms with van der Waals surface area (Å²) in [6.07, 6.45) is 2.05. The lowest BCUT2D eigenvalue weighted by atomic mass is 10.1. The van der Waals surface area contributed by atoms with E-state index >= 15 is 0 Å². The molecule has 116 valence electrons. The molecular formula is C19H23NO2. The molecule has 2 aromatic rings. The molecule has 0 saturated heterocycles. The number of hydrogen-bond acceptors (Lipinski definition) is 2. The average Bonchev–Trinajstić information content (AvgIpc) is 2.53. The summed E-state index contributed by atoms with van der Waals surface area (Å²) >= 11 is 0. The van der Waals surface area contributed by atoms with Crippen molar-refractivity contribution in [3.05, 3.63) is 65.7 Å². The summed E-state index contributed by atoms with van der Waals surface area (Å²) in [4.78, 5) is 11.9. The Bertz CT molecular complexity index is 576. The minimum absolute atomic E-state index is 0.0127. The predicted molar refractivity (Wildman–Crippen MR) is 89.3 cm³/mol. The van der Waals surface area contributed by atoms with Crippen LogP contribution in [0.25, 0.3) is 0 Å². The van der Waals surface area contributed by atoms with Crippen molar-refractivity contribution in [1.29, 1.82) is 0 Å². The second-order valence-electron chi connectivity index (χ2n) is 5.54. The number of rotatable bonds is 7. The Balaban J connectivity index is 1.71. The molecule has 2 rings (SSSR count). The molecule has 22 heavy (non-hydrogen) atoms. The SMILES string of the molecule is CC(C)Oc1ccc(CCCNC(=O)c2ccccc2)cc1. The van der Waals surface area contributed by atoms with Gasteiger partial charge in [0.25, 0.3) is 5.91 Å². The van der Waals surface area contributed by atoms with Crippen LogP contribution >= 0.6 is 0 Å². The number of amides is 1. The fraction of sp³-hybridized carbons (Fsp3) is 0.316. The summed E-state index contributed by atoms with van der Waals surface area (Å²) in [6.45, 7) is 4.71. The van der Waals surface area contributed by atoms with E-state index in [1.807, 2.05) is 56.3 Å². The largest absolute Gasteiger partial charge is 0.491 e. The molecule has 0 aliphatic rings. The van der Waals surface area contributed by atoms with Crippen molar-refractivity contribution >= 4 is 5.91 Å². The van der Waals surface area contributed by atoms with Crippen LogP contribution in [0.4, 0.5) is 0 Å². The Kier molecular flexibility index (Phi) is 6.01. The molecule has 0 heterocycles. The van der Waals surface area contributed by atoms with Gasteiger partial charge in [-0.15, -0.1) is 0 Å². The molecule has 0 spiro atoms. The van der Waals surface area contributed by atoms with Crippen LogP contribution in [0.1, 0.15) is 36.2 Å². The van der Waals surface area contributed by atoms with Crippen molar-refractivity contribution in [2.24, 2.45) is 0 Å². The van der Waals surface area contributed by atoms with Gasteiger partial charge in [-0.2, -0.15) is 0 Å². The third-order valence-electron chi connectivity index (χ3n) is 3.26. The van der Waals surface area contributed by atoms with Gasteiger partial charge in [0.2, 0.25) is 0 Å². The van der Waals surface area contributed by atoms with Crippen molar-refractivity contribution in [1.82, 2.24) is 5.32 Å². The molecule has 0 saturated carbocycles. The van der Waals surface area contributed by atoms with Crippen LogP contribution in [0.15, 0.2) is 54.6 Å². The normalized spacial score (nSPS) is 10.5. The first-order valence-corrected chi connectivity index (χ1v) is 7.74. The monoisotopic (exact) mass is 297 g/mol. The number of aryl methyl sites for hydroxylation is 1. The molecule has 0 aromatic heterocycles. The average molecular weight is 297 g/mol. The van der Waals surface area contributed by atoms with Crippen molar-refractivity contribution in [2.45, 2.75) is 32.8 Å². The lowest BCUT2D eigenvalue weighted by molar-refractivity contribution is 0.0953. The van der Waals surface area contributed by atoms with Crippen molar-refractivity contribution < 1.29 is 9.53 Å². The predicted octanol–water partition coefficient (Wildman–Crippen LogP) is 3.84. The van der Waals surface area contributed by atoms with Crippen LogP contribution in [0, 0.1) is 0 Å². The molecule has 0 atom stereocenters. The first-order valence-electron chi connectivity index (χ1n) is 7.74. The highest BCUT2D eigenvalue weighted by Crippen LogP contribution is 2.14. The minimum atomic E-state index is -0.0127. The maximum absolute atomic E-state index is 11.9. The van der Waals surface area contributed by atoms with E-state index < -0.39 is 0 Å². The molecule has 0 aliphatic carbocycles. The van der Waals surface area contributed by atoms with Crippen molar-refractivity contribution in [3.63, 3.8) is 0 Å². The summed E-state index contributed by atoms with van der Waals surface area (Å²) in [5, 5.41) is 2.94. The Morgan fingerprint density at radius 1 is 1.05 bits per heavy atom. The van der Waals surface area contributed by atoms with Gasteiger partial charge in [-0.1, -0.05) is 30.3 Å². The van der Waals surface area contributed by atoms with Crippen LogP contribution in [-0.4, -0.2) is 18.6 Å². The molecule has 3 nitrogen and oxygen atoms in total. The zero-order valence-electron chi connectivity index (χ0n) is 13.2. The smallest absolute Gasteiger partial charge is 0.251 e. The van der Waals surface area contributed by atoms with Gasteiger partial charge in [0, 0.05) is 12.1 Å². The third kappa shape index (κ3) is 5.24. The maximum Gasteiger partial charge on any atom is 0.251 e. The fourth-order valence-electron chi connectivity index (χ4n) is 2.19. The van der Waals surface area contributed by atoms with E-state index in [-0.39, 0.29) is 12.0 Å². The molecule has 0 radical (unpaired) electrons. The topological polar surface area (TPSA) is 38.3 Å². The molecule has 0 unspecified atom stereocenters. The molecule has 1 amide bonds. The number of carbonyl (C=O) groups excluding carboxylic acids is 1. The Hall–Kier alpha value is -2.29. The van der Waals surface area contributed by atoms with E-state index in [9.17, 15) is 4.79 Å². The van der Waals surface area contributed by atoms with Gasteiger partial charge in [-0.25, -0.2) is 0 Å². The van der Waals surface area contributed by atoms with Gasteiger partial charge in [0.05, 0.1) is 6.10 Å². The summed E-state index contributed by atoms with van der Waals surface area (Å²) in [5.41, 5.74) is 1.96. The second-order valence-corrected chi connectivity index (χ2v) is 5.54. The molecule has 2 aromatic carbocycles. The highest BCUT2D eigenvalue weighted by atomic mass is 16.5. The van der Waals surface area contributed by atoms with E-state index in [4.69, 9.17) is 4.74 Å². The Labute approximate surface area is 132 Å². The summed E-state index contributed by atoms with van der Waals surface area (Å²) < 4.78 is 5.62. The van der Waals surface area contributed by atoms with E-state index in [1.54, 1.807) is 0 Å². The van der Waals surface area contributed by atoms with E-state index in [0.29, 0.717) is 12.1 Å². The van der Waals surface area contributed by atoms with Gasteiger partial charge >= 0.3 is 0 Å². The van der Waals surface area contributed by atoms with Gasteiger partial charge in [-0.3, -0.25) is 4.79 Å². The standard InChI is InChI=1S/C19H23NO2/c1-15(2)22-18-12-10-16(11-13-18)7-6-14-20-19(21)17-8-4-3-5-9-17/h3-5,8-13,15H,6-7,14H2,1-2H3,(H,20,21). The van der Waals surface area contributed by atoms with E-state index in [0.717, 1.165) is 18.6 Å². The molecule has 0 bridgehead atoms. The van der Waals surface area contributed by atoms with Gasteiger partial charge in [0.1, 0.15) is 5.75 Å². The lowest BCUT2D eigenvalue weighted by Gasteiger charge is -2.10. The highest BCUT2D eigenvalue weighted by Gasteiger charge is 2.03. The second kappa shape index (κ2) is 8.23. The van der Waals surface area contributed by atoms with Crippen LogP contribution in [0.3, 0.4) is 0 Å². The molecule has 0 aliphatic heterocycles. The first kappa shape index (κ1) is 16.1. The zero-order chi connectivity index (χ0) is 15.8. The van der Waals surface area contributed by atoms with Gasteiger partial charge in [-0.05, 0) is 56.5 Å². The Morgan fingerprint density at radius 3 is 2.36 bits per heavy atom. The van der Waals surface area contributed by atoms with Crippen molar-refractivity contribution in [2.75, 3.05) is 6.54 Å². The summed E-state index contributed by atoms with van der Waals surface area (Å²) in [5.74, 6) is 0.886. The first-order chi connectivity index (χ1) is 10.6. The molecule has 1 N–H and O–H groups in total. The van der Waals surface area contributed by atoms with Gasteiger partial charge < -0.3 is 10.1 Å². The lowest BCUT2D eigenvalue weighted by Crippen LogP contribution is -2.24. The number of nitrogens with one attached hydrogen (secondary N) is 1. The summed E-state index contributed by atoms with van der Waals surface area (Å²) in [7, 11) is 0. The molecular weight excluding hydrogens is 274 g/mol. The molecule has 3 heteroatoms. The van der Waals surface area contributed by atoms with E-state index in [1.165, 1.54) is 5.56 Å². The maximum atomic E-state index is 11.9. The Morgan fingerprint density at radius 2 is 1.73 bits per heavy atom. The third-order valence-corrected chi connectivity index (χ3v) is 3.26. The highest BCUT2D eigenvalue weighted by molar-refractivity contribution is 5.94. The zero-order valence-corrected chi connectivity index (χ0v) is 13.2. The quantitative estimate of drug-likeness (QED) is 0.789. The molecule has 0 fully saturated rings. The fourth-order valence-corrected chi connectivity index (χ4v) is 2.19. The van der Waals surface area contributed by atoms with Crippen LogP contribution in [0.2, 0.25) is 0 Å². The van der Waals surface area contributed by atoms with E-state index in [2.05, 4.69) is 17.4 Å². The number of hydrogen-bond donors (Lipinski definition) is 1. The summed E-state index contributed by atoms with van der Waals surface area (Å²) in [6, 6.07) is 17.4. The number of ether oxygens (including phenoxy) is 1. The van der Waals surface area contributed by atoms with Crippen LogP contribution in [-0.2, 0) is 6.42 Å². The minimum Gasteiger partial charge on any atom is -0.491 e. The van der Waals surface area contributed by atoms with Crippen LogP contribution < -0.4 is 10.1 Å².